The smallest absolute Gasteiger partial charge is 0.306 e. The van der Waals surface area contributed by atoms with E-state index in [9.17, 15) is 4.79 Å². The highest BCUT2D eigenvalue weighted by Gasteiger charge is 2.59. The topological polar surface area (TPSA) is 55.8 Å². The fourth-order valence-corrected chi connectivity index (χ4v) is 11.2. The fraction of sp³-hybridized carbons (Fsp3) is 0.844. The second-order valence-corrected chi connectivity index (χ2v) is 17.9. The zero-order valence-electron chi connectivity index (χ0n) is 32.7. The second kappa shape index (κ2) is 20.0. The Labute approximate surface area is 302 Å². The van der Waals surface area contributed by atoms with Crippen LogP contribution in [0.25, 0.3) is 0 Å². The minimum atomic E-state index is -0.204. The van der Waals surface area contributed by atoms with E-state index in [-0.39, 0.29) is 18.2 Å². The molecule has 4 heteroatoms. The van der Waals surface area contributed by atoms with Crippen molar-refractivity contribution in [2.45, 2.75) is 195 Å². The van der Waals surface area contributed by atoms with Crippen molar-refractivity contribution in [1.29, 1.82) is 0 Å². The van der Waals surface area contributed by atoms with E-state index in [2.05, 4.69) is 64.7 Å². The third-order valence-corrected chi connectivity index (χ3v) is 14.1. The summed E-state index contributed by atoms with van der Waals surface area (Å²) in [4.78, 5) is 17.4. The van der Waals surface area contributed by atoms with Crippen LogP contribution in [0.1, 0.15) is 183 Å². The molecule has 4 nitrogen and oxygen atoms in total. The molecule has 0 saturated heterocycles. The van der Waals surface area contributed by atoms with Crippen molar-refractivity contribution in [3.05, 3.63) is 36.0 Å². The molecule has 49 heavy (non-hydrogen) atoms. The average Bonchev–Trinajstić information content (AvgIpc) is 3.43. The third-order valence-electron chi connectivity index (χ3n) is 14.1. The Morgan fingerprint density at radius 2 is 1.69 bits per heavy atom. The molecule has 1 N–H and O–H groups in total. The lowest BCUT2D eigenvalue weighted by molar-refractivity contribution is -0.267. The monoisotopic (exact) mass is 681 g/mol. The Balaban J connectivity index is 1.12. The van der Waals surface area contributed by atoms with Gasteiger partial charge in [0.1, 0.15) is 12.2 Å². The van der Waals surface area contributed by atoms with Crippen LogP contribution in [0.5, 0.6) is 0 Å². The predicted molar refractivity (Wildman–Crippen MR) is 205 cm³/mol. The number of esters is 1. The molecule has 0 spiro atoms. The summed E-state index contributed by atoms with van der Waals surface area (Å²) in [5.74, 6) is 5.19. The summed E-state index contributed by atoms with van der Waals surface area (Å²) in [7, 11) is 0. The van der Waals surface area contributed by atoms with Crippen molar-refractivity contribution in [3.63, 3.8) is 0 Å². The zero-order valence-corrected chi connectivity index (χ0v) is 32.7. The van der Waals surface area contributed by atoms with Crippen LogP contribution in [-0.2, 0) is 14.4 Å². The van der Waals surface area contributed by atoms with Gasteiger partial charge in [0.05, 0.1) is 0 Å². The molecule has 0 heterocycles. The lowest BCUT2D eigenvalue weighted by Crippen LogP contribution is -2.51. The number of carbonyl (C=O) groups is 1. The van der Waals surface area contributed by atoms with Gasteiger partial charge in [-0.1, -0.05) is 135 Å². The fourth-order valence-electron chi connectivity index (χ4n) is 11.2. The number of unbranched alkanes of at least 4 members (excludes halogenated alkanes) is 7. The molecule has 3 saturated carbocycles. The number of allylic oxidation sites excluding steroid dienone is 4. The van der Waals surface area contributed by atoms with Crippen LogP contribution in [0.4, 0.5) is 0 Å². The molecule has 0 amide bonds. The Morgan fingerprint density at radius 1 is 0.898 bits per heavy atom. The van der Waals surface area contributed by atoms with Crippen LogP contribution < -0.4 is 0 Å². The summed E-state index contributed by atoms with van der Waals surface area (Å²) >= 11 is 0. The first-order chi connectivity index (χ1) is 23.6. The van der Waals surface area contributed by atoms with Gasteiger partial charge in [-0.25, -0.2) is 4.89 Å². The molecule has 0 radical (unpaired) electrons. The van der Waals surface area contributed by atoms with Gasteiger partial charge in [-0.15, -0.1) is 0 Å². The third kappa shape index (κ3) is 11.1. The van der Waals surface area contributed by atoms with Crippen LogP contribution in [0, 0.1) is 46.3 Å². The van der Waals surface area contributed by atoms with E-state index in [1.54, 1.807) is 5.57 Å². The Kier molecular flexibility index (Phi) is 16.5. The highest BCUT2D eigenvalue weighted by Crippen LogP contribution is 2.67. The van der Waals surface area contributed by atoms with Gasteiger partial charge in [0, 0.05) is 12.8 Å². The molecule has 0 aromatic heterocycles. The SMILES string of the molecule is CCCCCC(/C=C/C=C/CCCCCCCC(=O)O[C@H]1CC[C@@]2(C)C(=CC[C@H]3[C@@H]4CC[C@H]([C@H](C)CCCC(C)C)[C@@]4(C)CC[C@@H]32)C1)OO. The van der Waals surface area contributed by atoms with Gasteiger partial charge < -0.3 is 4.74 Å². The first-order valence-electron chi connectivity index (χ1n) is 21.1. The van der Waals surface area contributed by atoms with E-state index in [1.165, 1.54) is 89.9 Å². The van der Waals surface area contributed by atoms with Crippen LogP contribution in [-0.4, -0.2) is 23.4 Å². The maximum atomic E-state index is 12.8. The number of rotatable bonds is 21. The largest absolute Gasteiger partial charge is 0.462 e. The highest BCUT2D eigenvalue weighted by molar-refractivity contribution is 5.69. The van der Waals surface area contributed by atoms with E-state index in [0.717, 1.165) is 80.5 Å². The quantitative estimate of drug-likeness (QED) is 0.0327. The molecule has 0 aliphatic heterocycles. The summed E-state index contributed by atoms with van der Waals surface area (Å²) in [6.45, 7) is 14.8. The van der Waals surface area contributed by atoms with E-state index in [0.29, 0.717) is 17.3 Å². The van der Waals surface area contributed by atoms with Crippen molar-refractivity contribution < 1.29 is 19.7 Å². The molecule has 4 rings (SSSR count). The summed E-state index contributed by atoms with van der Waals surface area (Å²) < 4.78 is 6.11. The predicted octanol–water partition coefficient (Wildman–Crippen LogP) is 13.2. The lowest BCUT2D eigenvalue weighted by Gasteiger charge is -2.58. The molecule has 4 aliphatic rings. The van der Waals surface area contributed by atoms with Gasteiger partial charge in [0.2, 0.25) is 0 Å². The number of ether oxygens (including phenoxy) is 1. The number of fused-ring (bicyclic) bond motifs is 5. The molecule has 1 unspecified atom stereocenters. The van der Waals surface area contributed by atoms with Crippen molar-refractivity contribution in [2.75, 3.05) is 0 Å². The zero-order chi connectivity index (χ0) is 35.3. The highest BCUT2D eigenvalue weighted by atomic mass is 17.1. The molecular formula is C45H76O4. The molecule has 280 valence electrons. The molecule has 3 fully saturated rings. The van der Waals surface area contributed by atoms with E-state index in [1.807, 2.05) is 12.2 Å². The minimum Gasteiger partial charge on any atom is -0.462 e. The van der Waals surface area contributed by atoms with Gasteiger partial charge in [-0.05, 0) is 117 Å². The number of carbonyl (C=O) groups excluding carboxylic acids is 1. The summed E-state index contributed by atoms with van der Waals surface area (Å²) in [6.07, 6.45) is 36.5. The van der Waals surface area contributed by atoms with E-state index < -0.39 is 0 Å². The summed E-state index contributed by atoms with van der Waals surface area (Å²) in [5, 5.41) is 9.04. The number of hydrogen-bond acceptors (Lipinski definition) is 4. The summed E-state index contributed by atoms with van der Waals surface area (Å²) in [6, 6.07) is 0. The van der Waals surface area contributed by atoms with Gasteiger partial charge in [0.25, 0.3) is 0 Å². The van der Waals surface area contributed by atoms with Crippen LogP contribution >= 0.6 is 0 Å². The standard InChI is InChI=1S/C45H76O4/c1-7-8-16-22-37(49-47)23-17-14-12-10-9-11-13-15-18-24-43(46)48-38-29-31-44(5)36(33-38)25-26-39-41-28-27-40(35(4)21-19-20-34(2)3)45(41,6)32-30-42(39)44/h12,14,17,23,25,34-35,37-42,47H,7-11,13,15-16,18-22,24,26-33H2,1-6H3/b14-12+,23-17+/t35-,37?,38+,39+,40-,41+,42+,44+,45-/m1/s1. The molecule has 9 atom stereocenters. The van der Waals surface area contributed by atoms with Crippen molar-refractivity contribution in [1.82, 2.24) is 0 Å². The van der Waals surface area contributed by atoms with Crippen LogP contribution in [0.15, 0.2) is 36.0 Å². The Morgan fingerprint density at radius 3 is 2.47 bits per heavy atom. The van der Waals surface area contributed by atoms with Crippen molar-refractivity contribution >= 4 is 5.97 Å². The molecule has 0 bridgehead atoms. The maximum absolute atomic E-state index is 12.8. The first-order valence-corrected chi connectivity index (χ1v) is 21.1. The Bertz CT molecular complexity index is 1070. The van der Waals surface area contributed by atoms with Gasteiger partial charge in [-0.2, -0.15) is 0 Å². The van der Waals surface area contributed by atoms with Crippen LogP contribution in [0.3, 0.4) is 0 Å². The minimum absolute atomic E-state index is 0.0189. The van der Waals surface area contributed by atoms with Gasteiger partial charge in [-0.3, -0.25) is 10.1 Å². The van der Waals surface area contributed by atoms with Crippen molar-refractivity contribution in [2.24, 2.45) is 46.3 Å². The molecular weight excluding hydrogens is 604 g/mol. The van der Waals surface area contributed by atoms with E-state index >= 15 is 0 Å². The molecule has 0 aromatic carbocycles. The lowest BCUT2D eigenvalue weighted by atomic mass is 9.47. The first kappa shape index (κ1) is 40.4. The number of hydrogen-bond donors (Lipinski definition) is 1. The van der Waals surface area contributed by atoms with E-state index in [4.69, 9.17) is 9.99 Å². The summed E-state index contributed by atoms with van der Waals surface area (Å²) in [5.41, 5.74) is 2.47. The van der Waals surface area contributed by atoms with Crippen LogP contribution in [0.2, 0.25) is 0 Å². The maximum Gasteiger partial charge on any atom is 0.306 e. The average molecular weight is 681 g/mol. The molecule has 0 aromatic rings. The normalized spacial score (nSPS) is 32.6. The van der Waals surface area contributed by atoms with Gasteiger partial charge >= 0.3 is 5.97 Å². The molecule has 4 aliphatic carbocycles. The van der Waals surface area contributed by atoms with Gasteiger partial charge in [0.15, 0.2) is 0 Å². The van der Waals surface area contributed by atoms with Crippen molar-refractivity contribution in [3.8, 4) is 0 Å². The Hall–Kier alpha value is -1.39. The second-order valence-electron chi connectivity index (χ2n) is 17.9.